The van der Waals surface area contributed by atoms with Crippen LogP contribution in [-0.2, 0) is 4.79 Å². The summed E-state index contributed by atoms with van der Waals surface area (Å²) in [5, 5.41) is 2.76. The van der Waals surface area contributed by atoms with Crippen LogP contribution < -0.4 is 5.32 Å². The van der Waals surface area contributed by atoms with Crippen LogP contribution in [0.2, 0.25) is 0 Å². The van der Waals surface area contributed by atoms with Crippen LogP contribution in [0.15, 0.2) is 24.3 Å². The Morgan fingerprint density at radius 2 is 2.31 bits per heavy atom. The van der Waals surface area contributed by atoms with Crippen molar-refractivity contribution < 1.29 is 4.79 Å². The van der Waals surface area contributed by atoms with E-state index in [1.165, 1.54) is 0 Å². The number of halogens is 2. The molecule has 13 heavy (non-hydrogen) atoms. The number of benzene rings is 1. The number of rotatable bonds is 3. The third-order valence-electron chi connectivity index (χ3n) is 1.43. The Hall–Kier alpha value is -0.290. The van der Waals surface area contributed by atoms with Crippen molar-refractivity contribution in [2.45, 2.75) is 6.42 Å². The minimum Gasteiger partial charge on any atom is -0.326 e. The van der Waals surface area contributed by atoms with Gasteiger partial charge >= 0.3 is 0 Å². The van der Waals surface area contributed by atoms with Crippen LogP contribution in [0.4, 0.5) is 5.69 Å². The monoisotopic (exact) mass is 309 g/mol. The number of hydrogen-bond acceptors (Lipinski definition) is 1. The molecule has 0 unspecified atom stereocenters. The topological polar surface area (TPSA) is 29.1 Å². The quantitative estimate of drug-likeness (QED) is 0.675. The Labute approximate surface area is 95.8 Å². The lowest BCUT2D eigenvalue weighted by molar-refractivity contribution is -0.115. The number of nitrogens with one attached hydrogen (secondary N) is 1. The predicted octanol–water partition coefficient (Wildman–Crippen LogP) is 2.86. The predicted molar refractivity (Wildman–Crippen MR) is 63.1 cm³/mol. The Balaban J connectivity index is 2.58. The van der Waals surface area contributed by atoms with E-state index in [2.05, 4.69) is 27.9 Å². The second kappa shape index (κ2) is 5.44. The molecule has 0 spiro atoms. The smallest absolute Gasteiger partial charge is 0.225 e. The fourth-order valence-electron chi connectivity index (χ4n) is 0.876. The molecule has 0 saturated heterocycles. The summed E-state index contributed by atoms with van der Waals surface area (Å²) in [7, 11) is 0. The van der Waals surface area contributed by atoms with Gasteiger partial charge in [-0.2, -0.15) is 0 Å². The summed E-state index contributed by atoms with van der Waals surface area (Å²) >= 11 is 7.63. The number of carbonyl (C=O) groups is 1. The number of alkyl halides is 1. The zero-order valence-electron chi connectivity index (χ0n) is 6.89. The van der Waals surface area contributed by atoms with Gasteiger partial charge in [0.15, 0.2) is 0 Å². The molecule has 1 rings (SSSR count). The SMILES string of the molecule is O=C(CCCl)Nc1cccc(I)c1. The molecule has 1 amide bonds. The van der Waals surface area contributed by atoms with E-state index in [0.717, 1.165) is 9.26 Å². The van der Waals surface area contributed by atoms with E-state index in [9.17, 15) is 4.79 Å². The molecular weight excluding hydrogens is 300 g/mol. The van der Waals surface area contributed by atoms with Gasteiger partial charge in [-0.1, -0.05) is 6.07 Å². The van der Waals surface area contributed by atoms with Crippen LogP contribution in [0.25, 0.3) is 0 Å². The molecule has 0 atom stereocenters. The van der Waals surface area contributed by atoms with Gasteiger partial charge in [0.2, 0.25) is 5.91 Å². The van der Waals surface area contributed by atoms with Crippen LogP contribution in [0.5, 0.6) is 0 Å². The minimum absolute atomic E-state index is 0.0444. The minimum atomic E-state index is -0.0444. The molecule has 0 aliphatic heterocycles. The zero-order chi connectivity index (χ0) is 9.68. The summed E-state index contributed by atoms with van der Waals surface area (Å²) in [6.45, 7) is 0. The Morgan fingerprint density at radius 1 is 1.54 bits per heavy atom. The van der Waals surface area contributed by atoms with E-state index in [-0.39, 0.29) is 5.91 Å². The van der Waals surface area contributed by atoms with Gasteiger partial charge in [-0.3, -0.25) is 4.79 Å². The van der Waals surface area contributed by atoms with Crippen LogP contribution in [0.1, 0.15) is 6.42 Å². The van der Waals surface area contributed by atoms with Crippen molar-refractivity contribution in [1.29, 1.82) is 0 Å². The van der Waals surface area contributed by atoms with Crippen LogP contribution in [0, 0.1) is 3.57 Å². The maximum atomic E-state index is 11.1. The Kier molecular flexibility index (Phi) is 4.52. The van der Waals surface area contributed by atoms with Gasteiger partial charge in [-0.15, -0.1) is 11.6 Å². The van der Waals surface area contributed by atoms with E-state index in [0.29, 0.717) is 12.3 Å². The first-order chi connectivity index (χ1) is 6.22. The highest BCUT2D eigenvalue weighted by molar-refractivity contribution is 14.1. The highest BCUT2D eigenvalue weighted by atomic mass is 127. The second-order valence-corrected chi connectivity index (χ2v) is 4.12. The highest BCUT2D eigenvalue weighted by Crippen LogP contribution is 2.12. The van der Waals surface area contributed by atoms with Crippen LogP contribution in [0.3, 0.4) is 0 Å². The van der Waals surface area contributed by atoms with Crippen molar-refractivity contribution in [3.05, 3.63) is 27.8 Å². The lowest BCUT2D eigenvalue weighted by Gasteiger charge is -2.03. The van der Waals surface area contributed by atoms with E-state index in [4.69, 9.17) is 11.6 Å². The number of hydrogen-bond donors (Lipinski definition) is 1. The number of amides is 1. The average molecular weight is 310 g/mol. The van der Waals surface area contributed by atoms with Gasteiger partial charge in [0.1, 0.15) is 0 Å². The van der Waals surface area contributed by atoms with Gasteiger partial charge in [0.25, 0.3) is 0 Å². The van der Waals surface area contributed by atoms with Crippen molar-refractivity contribution in [2.75, 3.05) is 11.2 Å². The fourth-order valence-corrected chi connectivity index (χ4v) is 1.59. The molecule has 1 N–H and O–H groups in total. The Morgan fingerprint density at radius 3 is 2.92 bits per heavy atom. The standard InChI is InChI=1S/C9H9ClINO/c10-5-4-9(13)12-8-3-1-2-7(11)6-8/h1-3,6H,4-5H2,(H,12,13). The van der Waals surface area contributed by atoms with Crippen molar-refractivity contribution in [1.82, 2.24) is 0 Å². The number of anilines is 1. The van der Waals surface area contributed by atoms with E-state index >= 15 is 0 Å². The zero-order valence-corrected chi connectivity index (χ0v) is 9.80. The van der Waals surface area contributed by atoms with Gasteiger partial charge in [-0.25, -0.2) is 0 Å². The van der Waals surface area contributed by atoms with Crippen molar-refractivity contribution in [2.24, 2.45) is 0 Å². The summed E-state index contributed by atoms with van der Waals surface area (Å²) in [6, 6.07) is 7.64. The largest absolute Gasteiger partial charge is 0.326 e. The summed E-state index contributed by atoms with van der Waals surface area (Å²) in [5.74, 6) is 0.312. The van der Waals surface area contributed by atoms with Gasteiger partial charge in [-0.05, 0) is 40.8 Å². The molecule has 0 heterocycles. The summed E-state index contributed by atoms with van der Waals surface area (Å²) < 4.78 is 1.10. The van der Waals surface area contributed by atoms with Crippen molar-refractivity contribution in [3.8, 4) is 0 Å². The lowest BCUT2D eigenvalue weighted by atomic mass is 10.3. The second-order valence-electron chi connectivity index (χ2n) is 2.50. The van der Waals surface area contributed by atoms with E-state index < -0.39 is 0 Å². The molecule has 0 fully saturated rings. The molecule has 0 radical (unpaired) electrons. The maximum absolute atomic E-state index is 11.1. The molecular formula is C9H9ClINO. The van der Waals surface area contributed by atoms with Gasteiger partial charge < -0.3 is 5.32 Å². The molecule has 0 saturated carbocycles. The van der Waals surface area contributed by atoms with E-state index in [1.54, 1.807) is 0 Å². The molecule has 0 aliphatic rings. The third kappa shape index (κ3) is 3.95. The molecule has 0 aliphatic carbocycles. The summed E-state index contributed by atoms with van der Waals surface area (Å²) in [4.78, 5) is 11.1. The average Bonchev–Trinajstić information content (AvgIpc) is 2.04. The van der Waals surface area contributed by atoms with E-state index in [1.807, 2.05) is 24.3 Å². The number of carbonyl (C=O) groups excluding carboxylic acids is 1. The molecule has 4 heteroatoms. The molecule has 1 aromatic carbocycles. The molecule has 0 bridgehead atoms. The lowest BCUT2D eigenvalue weighted by Crippen LogP contribution is -2.11. The summed E-state index contributed by atoms with van der Waals surface area (Å²) in [5.41, 5.74) is 0.821. The van der Waals surface area contributed by atoms with Gasteiger partial charge in [0.05, 0.1) is 0 Å². The molecule has 0 aromatic heterocycles. The normalized spacial score (nSPS) is 9.69. The molecule has 1 aromatic rings. The van der Waals surface area contributed by atoms with Crippen molar-refractivity contribution in [3.63, 3.8) is 0 Å². The first kappa shape index (κ1) is 10.8. The summed E-state index contributed by atoms with van der Waals surface area (Å²) in [6.07, 6.45) is 0.354. The van der Waals surface area contributed by atoms with Gasteiger partial charge in [0, 0.05) is 21.6 Å². The third-order valence-corrected chi connectivity index (χ3v) is 2.29. The first-order valence-corrected chi connectivity index (χ1v) is 5.45. The molecule has 70 valence electrons. The van der Waals surface area contributed by atoms with Crippen molar-refractivity contribution >= 4 is 45.8 Å². The highest BCUT2D eigenvalue weighted by Gasteiger charge is 2.00. The maximum Gasteiger partial charge on any atom is 0.225 e. The Bertz CT molecular complexity index is 303. The van der Waals surface area contributed by atoms with Crippen LogP contribution in [-0.4, -0.2) is 11.8 Å². The first-order valence-electron chi connectivity index (χ1n) is 3.84. The fraction of sp³-hybridized carbons (Fsp3) is 0.222. The van der Waals surface area contributed by atoms with Crippen LogP contribution >= 0.6 is 34.2 Å². The molecule has 2 nitrogen and oxygen atoms in total.